The van der Waals surface area contributed by atoms with Gasteiger partial charge in [-0.1, -0.05) is 17.7 Å². The number of imidazole rings is 1. The van der Waals surface area contributed by atoms with Crippen LogP contribution in [0.25, 0.3) is 21.9 Å². The van der Waals surface area contributed by atoms with Gasteiger partial charge in [0.15, 0.2) is 0 Å². The van der Waals surface area contributed by atoms with E-state index in [1.54, 1.807) is 17.0 Å². The number of benzene rings is 2. The van der Waals surface area contributed by atoms with Crippen LogP contribution < -0.4 is 11.0 Å². The Balaban J connectivity index is 1.18. The summed E-state index contributed by atoms with van der Waals surface area (Å²) in [4.78, 5) is 43.0. The molecule has 1 atom stereocenters. The lowest BCUT2D eigenvalue weighted by Crippen LogP contribution is -2.42. The molecule has 1 saturated heterocycles. The molecule has 6 rings (SSSR count). The maximum Gasteiger partial charge on any atom is 0.394 e. The SMILES string of the molecule is O=C1NCc2c(cc(Cl)c3n[nH]c(CC(F)(F)F)c23)C[C@H]1CC(=O)N1CCC(n2c(=O)[nH]c3c(F)cccc32)CC1. The van der Waals surface area contributed by atoms with Crippen LogP contribution in [0.1, 0.15) is 42.1 Å². The second-order valence-electron chi connectivity index (χ2n) is 10.6. The van der Waals surface area contributed by atoms with Crippen LogP contribution in [-0.2, 0) is 29.0 Å². The Morgan fingerprint density at radius 2 is 1.93 bits per heavy atom. The minimum absolute atomic E-state index is 0.0116. The number of para-hydroxylation sites is 1. The average Bonchev–Trinajstić information content (AvgIpc) is 3.44. The maximum atomic E-state index is 14.1. The molecule has 2 aromatic carbocycles. The van der Waals surface area contributed by atoms with Crippen molar-refractivity contribution in [3.05, 3.63) is 62.4 Å². The third kappa shape index (κ3) is 5.07. The molecule has 9 nitrogen and oxygen atoms in total. The molecule has 4 aromatic rings. The number of rotatable bonds is 4. The largest absolute Gasteiger partial charge is 0.394 e. The maximum absolute atomic E-state index is 14.1. The Hall–Kier alpha value is -3.87. The summed E-state index contributed by atoms with van der Waals surface area (Å²) >= 11 is 6.36. The van der Waals surface area contributed by atoms with Crippen molar-refractivity contribution in [3.63, 3.8) is 0 Å². The number of halogens is 5. The van der Waals surface area contributed by atoms with Crippen LogP contribution in [0.4, 0.5) is 17.6 Å². The first kappa shape index (κ1) is 27.3. The molecule has 0 spiro atoms. The van der Waals surface area contributed by atoms with Crippen molar-refractivity contribution in [3.8, 4) is 0 Å². The van der Waals surface area contributed by atoms with Gasteiger partial charge >= 0.3 is 11.9 Å². The van der Waals surface area contributed by atoms with E-state index in [2.05, 4.69) is 20.5 Å². The van der Waals surface area contributed by atoms with E-state index in [4.69, 9.17) is 11.6 Å². The van der Waals surface area contributed by atoms with Crippen molar-refractivity contribution in [1.82, 2.24) is 30.0 Å². The normalized spacial score (nSPS) is 18.5. The first-order valence-electron chi connectivity index (χ1n) is 13.2. The van der Waals surface area contributed by atoms with Crippen molar-refractivity contribution in [2.24, 2.45) is 5.92 Å². The Kier molecular flexibility index (Phi) is 6.79. The van der Waals surface area contributed by atoms with Crippen LogP contribution in [0.2, 0.25) is 5.02 Å². The number of nitrogens with one attached hydrogen (secondary N) is 3. The Morgan fingerprint density at radius 3 is 2.66 bits per heavy atom. The molecule has 0 aliphatic carbocycles. The highest BCUT2D eigenvalue weighted by atomic mass is 35.5. The highest BCUT2D eigenvalue weighted by molar-refractivity contribution is 6.35. The van der Waals surface area contributed by atoms with E-state index >= 15 is 0 Å². The number of nitrogens with zero attached hydrogens (tertiary/aromatic N) is 3. The first-order valence-corrected chi connectivity index (χ1v) is 13.6. The lowest BCUT2D eigenvalue weighted by molar-refractivity contribution is -0.137. The molecule has 2 amide bonds. The number of fused-ring (bicyclic) bond motifs is 4. The van der Waals surface area contributed by atoms with Gasteiger partial charge in [0.2, 0.25) is 11.8 Å². The smallest absolute Gasteiger partial charge is 0.352 e. The molecule has 14 heteroatoms. The van der Waals surface area contributed by atoms with Crippen LogP contribution in [0.15, 0.2) is 29.1 Å². The number of aromatic nitrogens is 4. The fourth-order valence-corrected chi connectivity index (χ4v) is 6.36. The third-order valence-corrected chi connectivity index (χ3v) is 8.30. The van der Waals surface area contributed by atoms with Crippen LogP contribution in [0, 0.1) is 11.7 Å². The zero-order valence-electron chi connectivity index (χ0n) is 21.6. The van der Waals surface area contributed by atoms with E-state index in [-0.39, 0.29) is 64.4 Å². The van der Waals surface area contributed by atoms with E-state index in [0.29, 0.717) is 42.6 Å². The summed E-state index contributed by atoms with van der Waals surface area (Å²) < 4.78 is 55.2. The zero-order valence-corrected chi connectivity index (χ0v) is 22.3. The van der Waals surface area contributed by atoms with Gasteiger partial charge < -0.3 is 15.2 Å². The number of alkyl halides is 3. The molecule has 2 aromatic heterocycles. The van der Waals surface area contributed by atoms with Gasteiger partial charge in [0, 0.05) is 37.5 Å². The van der Waals surface area contributed by atoms with E-state index in [1.807, 2.05) is 0 Å². The first-order chi connectivity index (χ1) is 19.5. The van der Waals surface area contributed by atoms with Gasteiger partial charge in [0.05, 0.1) is 28.6 Å². The van der Waals surface area contributed by atoms with Crippen LogP contribution in [0.3, 0.4) is 0 Å². The number of aromatic amines is 2. The van der Waals surface area contributed by atoms with Crippen molar-refractivity contribution in [2.75, 3.05) is 13.1 Å². The van der Waals surface area contributed by atoms with Gasteiger partial charge in [0.25, 0.3) is 0 Å². The Morgan fingerprint density at radius 1 is 1.17 bits per heavy atom. The van der Waals surface area contributed by atoms with Crippen molar-refractivity contribution < 1.29 is 27.2 Å². The second kappa shape index (κ2) is 10.2. The molecule has 41 heavy (non-hydrogen) atoms. The molecule has 0 bridgehead atoms. The molecule has 216 valence electrons. The van der Waals surface area contributed by atoms with Gasteiger partial charge in [-0.2, -0.15) is 18.3 Å². The molecule has 4 heterocycles. The Bertz CT molecular complexity index is 1730. The van der Waals surface area contributed by atoms with Crippen LogP contribution >= 0.6 is 11.6 Å². The fourth-order valence-electron chi connectivity index (χ4n) is 6.09. The topological polar surface area (TPSA) is 116 Å². The molecule has 0 saturated carbocycles. The van der Waals surface area contributed by atoms with Crippen molar-refractivity contribution >= 4 is 45.4 Å². The van der Waals surface area contributed by atoms with Crippen LogP contribution in [-0.4, -0.2) is 55.7 Å². The quantitative estimate of drug-likeness (QED) is 0.309. The molecular weight excluding hydrogens is 568 g/mol. The van der Waals surface area contributed by atoms with Gasteiger partial charge in [-0.05, 0) is 48.6 Å². The van der Waals surface area contributed by atoms with Gasteiger partial charge in [-0.25, -0.2) is 9.18 Å². The number of carbonyl (C=O) groups excluding carboxylic acids is 2. The summed E-state index contributed by atoms with van der Waals surface area (Å²) in [6.07, 6.45) is -4.70. The van der Waals surface area contributed by atoms with Gasteiger partial charge in [-0.3, -0.25) is 19.3 Å². The Labute approximate surface area is 234 Å². The number of hydrogen-bond acceptors (Lipinski definition) is 4. The van der Waals surface area contributed by atoms with E-state index in [1.165, 1.54) is 16.7 Å². The average molecular weight is 593 g/mol. The van der Waals surface area contributed by atoms with Crippen molar-refractivity contribution in [2.45, 2.75) is 50.9 Å². The summed E-state index contributed by atoms with van der Waals surface area (Å²) in [6, 6.07) is 5.87. The van der Waals surface area contributed by atoms with Gasteiger partial charge in [-0.15, -0.1) is 0 Å². The number of hydrogen-bond donors (Lipinski definition) is 3. The second-order valence-corrected chi connectivity index (χ2v) is 11.0. The number of carbonyl (C=O) groups is 2. The number of amides is 2. The minimum atomic E-state index is -4.47. The monoisotopic (exact) mass is 592 g/mol. The van der Waals surface area contributed by atoms with E-state index < -0.39 is 30.0 Å². The lowest BCUT2D eigenvalue weighted by Gasteiger charge is -2.33. The van der Waals surface area contributed by atoms with Crippen molar-refractivity contribution in [1.29, 1.82) is 0 Å². The summed E-state index contributed by atoms with van der Waals surface area (Å²) in [5.74, 6) is -1.87. The lowest BCUT2D eigenvalue weighted by atomic mass is 9.91. The highest BCUT2D eigenvalue weighted by Gasteiger charge is 2.34. The molecular formula is C27H25ClF4N6O3. The molecule has 2 aliphatic heterocycles. The predicted octanol–water partition coefficient (Wildman–Crippen LogP) is 4.15. The minimum Gasteiger partial charge on any atom is -0.352 e. The fraction of sp³-hybridized carbons (Fsp3) is 0.407. The predicted molar refractivity (Wildman–Crippen MR) is 142 cm³/mol. The summed E-state index contributed by atoms with van der Waals surface area (Å²) in [5.41, 5.74) is 1.37. The molecule has 0 unspecified atom stereocenters. The third-order valence-electron chi connectivity index (χ3n) is 8.02. The number of H-pyrrole nitrogens is 2. The number of likely N-dealkylation sites (tertiary alicyclic amines) is 1. The molecule has 3 N–H and O–H groups in total. The van der Waals surface area contributed by atoms with Gasteiger partial charge in [0.1, 0.15) is 16.9 Å². The van der Waals surface area contributed by atoms with Crippen LogP contribution in [0.5, 0.6) is 0 Å². The summed E-state index contributed by atoms with van der Waals surface area (Å²) in [6.45, 7) is 0.693. The zero-order chi connectivity index (χ0) is 29.1. The summed E-state index contributed by atoms with van der Waals surface area (Å²) in [7, 11) is 0. The number of piperidine rings is 1. The highest BCUT2D eigenvalue weighted by Crippen LogP contribution is 2.36. The molecule has 1 fully saturated rings. The molecule has 0 radical (unpaired) electrons. The van der Waals surface area contributed by atoms with E-state index in [9.17, 15) is 31.9 Å². The van der Waals surface area contributed by atoms with E-state index in [0.717, 1.165) is 0 Å². The standard InChI is InChI=1S/C27H25ClF4N6O3/c28-17-9-13-8-14(25(40)33-12-16(13)22-19(11-27(30,31)32)35-36-23(17)22)10-21(39)37-6-4-15(5-7-37)38-20-3-1-2-18(29)24(20)34-26(38)41/h1-3,9,14-15H,4-8,10-12H2,(H,33,40)(H,34,41)(H,35,36)/t14-/m0/s1. The molecule has 2 aliphatic rings. The summed E-state index contributed by atoms with van der Waals surface area (Å²) in [5, 5.41) is 9.57.